The summed E-state index contributed by atoms with van der Waals surface area (Å²) >= 11 is 4.53. The minimum atomic E-state index is -0.992. The van der Waals surface area contributed by atoms with E-state index in [9.17, 15) is 9.59 Å². The standard InChI is InChI=1S/C13H16BrNO3S/c1-7(2)15-12(16)8(3)19-9-4-5-11(14)10(6-9)13(17)18/h4-8H,1-3H3,(H,15,16)(H,17,18). The zero-order valence-corrected chi connectivity index (χ0v) is 13.3. The van der Waals surface area contributed by atoms with Gasteiger partial charge in [0.15, 0.2) is 0 Å². The van der Waals surface area contributed by atoms with Gasteiger partial charge in [-0.1, -0.05) is 0 Å². The molecule has 0 aliphatic heterocycles. The molecule has 0 radical (unpaired) electrons. The molecule has 1 amide bonds. The molecule has 2 N–H and O–H groups in total. The first-order valence-electron chi connectivity index (χ1n) is 5.81. The van der Waals surface area contributed by atoms with Crippen molar-refractivity contribution in [1.82, 2.24) is 5.32 Å². The Morgan fingerprint density at radius 2 is 1.95 bits per heavy atom. The Bertz CT molecular complexity index is 491. The second kappa shape index (κ2) is 6.96. The second-order valence-electron chi connectivity index (χ2n) is 4.37. The fraction of sp³-hybridized carbons (Fsp3) is 0.385. The van der Waals surface area contributed by atoms with Crippen molar-refractivity contribution in [3.8, 4) is 0 Å². The number of hydrogen-bond acceptors (Lipinski definition) is 3. The molecule has 0 saturated heterocycles. The van der Waals surface area contributed by atoms with E-state index >= 15 is 0 Å². The molecule has 1 rings (SSSR count). The van der Waals surface area contributed by atoms with E-state index in [0.29, 0.717) is 4.47 Å². The van der Waals surface area contributed by atoms with E-state index in [1.165, 1.54) is 11.8 Å². The Balaban J connectivity index is 2.80. The van der Waals surface area contributed by atoms with Crippen molar-refractivity contribution in [3.05, 3.63) is 28.2 Å². The zero-order valence-electron chi connectivity index (χ0n) is 10.9. The van der Waals surface area contributed by atoms with Crippen LogP contribution in [0.1, 0.15) is 31.1 Å². The largest absolute Gasteiger partial charge is 0.478 e. The van der Waals surface area contributed by atoms with Crippen LogP contribution in [0.15, 0.2) is 27.6 Å². The van der Waals surface area contributed by atoms with Gasteiger partial charge in [0.05, 0.1) is 10.8 Å². The minimum absolute atomic E-state index is 0.0557. The number of carboxylic acids is 1. The molecule has 0 saturated carbocycles. The van der Waals surface area contributed by atoms with Crippen LogP contribution in [-0.4, -0.2) is 28.3 Å². The summed E-state index contributed by atoms with van der Waals surface area (Å²) in [6.45, 7) is 5.60. The third-order valence-corrected chi connectivity index (χ3v) is 4.07. The molecular formula is C13H16BrNO3S. The van der Waals surface area contributed by atoms with Crippen LogP contribution in [0.25, 0.3) is 0 Å². The van der Waals surface area contributed by atoms with E-state index in [1.807, 2.05) is 13.8 Å². The first-order chi connectivity index (χ1) is 8.81. The fourth-order valence-corrected chi connectivity index (χ4v) is 2.73. The Labute approximate surface area is 125 Å². The smallest absolute Gasteiger partial charge is 0.336 e. The van der Waals surface area contributed by atoms with Crippen LogP contribution in [-0.2, 0) is 4.79 Å². The van der Waals surface area contributed by atoms with Gasteiger partial charge in [0.2, 0.25) is 5.91 Å². The highest BCUT2D eigenvalue weighted by atomic mass is 79.9. The molecule has 1 atom stereocenters. The van der Waals surface area contributed by atoms with Crippen LogP contribution in [0.3, 0.4) is 0 Å². The number of amides is 1. The number of carbonyl (C=O) groups is 2. The van der Waals surface area contributed by atoms with Crippen molar-refractivity contribution in [2.75, 3.05) is 0 Å². The van der Waals surface area contributed by atoms with Crippen molar-refractivity contribution in [2.24, 2.45) is 0 Å². The summed E-state index contributed by atoms with van der Waals surface area (Å²) < 4.78 is 0.531. The van der Waals surface area contributed by atoms with E-state index in [4.69, 9.17) is 5.11 Å². The number of benzene rings is 1. The Hall–Kier alpha value is -1.01. The predicted molar refractivity (Wildman–Crippen MR) is 79.7 cm³/mol. The number of carbonyl (C=O) groups excluding carboxylic acids is 1. The van der Waals surface area contributed by atoms with Crippen molar-refractivity contribution in [2.45, 2.75) is 37.0 Å². The fourth-order valence-electron chi connectivity index (χ4n) is 1.40. The van der Waals surface area contributed by atoms with E-state index in [1.54, 1.807) is 25.1 Å². The number of halogens is 1. The molecule has 4 nitrogen and oxygen atoms in total. The van der Waals surface area contributed by atoms with E-state index in [2.05, 4.69) is 21.2 Å². The van der Waals surface area contributed by atoms with Gasteiger partial charge in [-0.05, 0) is 54.9 Å². The highest BCUT2D eigenvalue weighted by molar-refractivity contribution is 9.10. The minimum Gasteiger partial charge on any atom is -0.478 e. The number of carboxylic acid groups (broad SMARTS) is 1. The lowest BCUT2D eigenvalue weighted by Gasteiger charge is -2.14. The molecule has 19 heavy (non-hydrogen) atoms. The zero-order chi connectivity index (χ0) is 14.6. The van der Waals surface area contributed by atoms with Crippen LogP contribution in [0.4, 0.5) is 0 Å². The van der Waals surface area contributed by atoms with E-state index in [0.717, 1.165) is 4.90 Å². The molecule has 6 heteroatoms. The molecule has 0 fully saturated rings. The first-order valence-corrected chi connectivity index (χ1v) is 7.48. The molecule has 1 unspecified atom stereocenters. The molecule has 104 valence electrons. The molecule has 0 heterocycles. The summed E-state index contributed by atoms with van der Waals surface area (Å²) in [5.74, 6) is -1.05. The highest BCUT2D eigenvalue weighted by Crippen LogP contribution is 2.28. The number of hydrogen-bond donors (Lipinski definition) is 2. The molecule has 0 aromatic heterocycles. The topological polar surface area (TPSA) is 66.4 Å². The van der Waals surface area contributed by atoms with E-state index in [-0.39, 0.29) is 22.8 Å². The maximum atomic E-state index is 11.8. The van der Waals surface area contributed by atoms with E-state index < -0.39 is 5.97 Å². The van der Waals surface area contributed by atoms with Gasteiger partial charge in [0.1, 0.15) is 0 Å². The molecule has 0 aliphatic carbocycles. The third kappa shape index (κ3) is 4.87. The van der Waals surface area contributed by atoms with Gasteiger partial charge in [0, 0.05) is 15.4 Å². The van der Waals surface area contributed by atoms with Crippen molar-refractivity contribution in [3.63, 3.8) is 0 Å². The quantitative estimate of drug-likeness (QED) is 0.804. The summed E-state index contributed by atoms with van der Waals surface area (Å²) in [6, 6.07) is 5.13. The molecule has 0 bridgehead atoms. The van der Waals surface area contributed by atoms with Crippen molar-refractivity contribution < 1.29 is 14.7 Å². The summed E-state index contributed by atoms with van der Waals surface area (Å²) in [4.78, 5) is 23.6. The SMILES string of the molecule is CC(C)NC(=O)C(C)Sc1ccc(Br)c(C(=O)O)c1. The summed E-state index contributed by atoms with van der Waals surface area (Å²) in [5, 5.41) is 11.6. The number of thioether (sulfide) groups is 1. The second-order valence-corrected chi connectivity index (χ2v) is 6.64. The van der Waals surface area contributed by atoms with Crippen molar-refractivity contribution in [1.29, 1.82) is 0 Å². The Morgan fingerprint density at radius 1 is 1.32 bits per heavy atom. The van der Waals surface area contributed by atoms with Gasteiger partial charge in [-0.2, -0.15) is 0 Å². The van der Waals surface area contributed by atoms with Gasteiger partial charge in [-0.3, -0.25) is 4.79 Å². The Morgan fingerprint density at radius 3 is 2.47 bits per heavy atom. The third-order valence-electron chi connectivity index (χ3n) is 2.28. The molecule has 0 aliphatic rings. The summed E-state index contributed by atoms with van der Waals surface area (Å²) in [5.41, 5.74) is 0.196. The van der Waals surface area contributed by atoms with Gasteiger partial charge in [-0.15, -0.1) is 11.8 Å². The summed E-state index contributed by atoms with van der Waals surface area (Å²) in [6.07, 6.45) is 0. The maximum absolute atomic E-state index is 11.8. The normalized spacial score (nSPS) is 12.3. The molecule has 1 aromatic rings. The van der Waals surface area contributed by atoms with Gasteiger partial charge < -0.3 is 10.4 Å². The number of nitrogens with one attached hydrogen (secondary N) is 1. The average Bonchev–Trinajstić information content (AvgIpc) is 2.30. The lowest BCUT2D eigenvalue weighted by molar-refractivity contribution is -0.120. The molecular weight excluding hydrogens is 330 g/mol. The summed E-state index contributed by atoms with van der Waals surface area (Å²) in [7, 11) is 0. The van der Waals surface area contributed by atoms with Crippen molar-refractivity contribution >= 4 is 39.6 Å². The highest BCUT2D eigenvalue weighted by Gasteiger charge is 2.16. The van der Waals surface area contributed by atoms with Crippen LogP contribution >= 0.6 is 27.7 Å². The van der Waals surface area contributed by atoms with Crippen LogP contribution < -0.4 is 5.32 Å². The lowest BCUT2D eigenvalue weighted by Crippen LogP contribution is -2.35. The van der Waals surface area contributed by atoms with Gasteiger partial charge in [0.25, 0.3) is 0 Å². The van der Waals surface area contributed by atoms with Crippen LogP contribution in [0, 0.1) is 0 Å². The Kier molecular flexibility index (Phi) is 5.87. The molecule has 0 spiro atoms. The average molecular weight is 346 g/mol. The van der Waals surface area contributed by atoms with Crippen LogP contribution in [0.2, 0.25) is 0 Å². The molecule has 1 aromatic carbocycles. The van der Waals surface area contributed by atoms with Crippen LogP contribution in [0.5, 0.6) is 0 Å². The monoisotopic (exact) mass is 345 g/mol. The van der Waals surface area contributed by atoms with Gasteiger partial charge in [-0.25, -0.2) is 4.79 Å². The lowest BCUT2D eigenvalue weighted by atomic mass is 10.2. The maximum Gasteiger partial charge on any atom is 0.336 e. The predicted octanol–water partition coefficient (Wildman–Crippen LogP) is 3.15. The number of rotatable bonds is 5. The first kappa shape index (κ1) is 16.0. The number of aromatic carboxylic acids is 1. The van der Waals surface area contributed by atoms with Gasteiger partial charge >= 0.3 is 5.97 Å².